The summed E-state index contributed by atoms with van der Waals surface area (Å²) in [5.74, 6) is 1.22. The fraction of sp³-hybridized carbons (Fsp3) is 0.500. The first kappa shape index (κ1) is 9.04. The molecule has 2 nitrogen and oxygen atoms in total. The van der Waals surface area contributed by atoms with Gasteiger partial charge in [-0.05, 0) is 18.4 Å². The van der Waals surface area contributed by atoms with Gasteiger partial charge in [0.1, 0.15) is 0 Å². The van der Waals surface area contributed by atoms with Crippen LogP contribution in [0.5, 0.6) is 5.88 Å². The van der Waals surface area contributed by atoms with E-state index < -0.39 is 0 Å². The molecule has 0 aromatic carbocycles. The van der Waals surface area contributed by atoms with Crippen molar-refractivity contribution in [2.45, 2.75) is 26.2 Å². The summed E-state index contributed by atoms with van der Waals surface area (Å²) in [5.41, 5.74) is 1.11. The van der Waals surface area contributed by atoms with Crippen molar-refractivity contribution in [3.05, 3.63) is 23.9 Å². The van der Waals surface area contributed by atoms with Gasteiger partial charge in [-0.3, -0.25) is 0 Å². The van der Waals surface area contributed by atoms with Gasteiger partial charge in [0, 0.05) is 11.8 Å². The average molecular weight is 165 g/mol. The Morgan fingerprint density at radius 1 is 1.50 bits per heavy atom. The van der Waals surface area contributed by atoms with Crippen LogP contribution in [0.15, 0.2) is 18.2 Å². The van der Waals surface area contributed by atoms with E-state index in [0.717, 1.165) is 12.1 Å². The monoisotopic (exact) mass is 165 g/mol. The van der Waals surface area contributed by atoms with Gasteiger partial charge in [-0.15, -0.1) is 0 Å². The molecule has 0 N–H and O–H groups in total. The van der Waals surface area contributed by atoms with Crippen LogP contribution < -0.4 is 4.74 Å². The second kappa shape index (κ2) is 4.10. The van der Waals surface area contributed by atoms with Gasteiger partial charge in [-0.1, -0.05) is 19.9 Å². The van der Waals surface area contributed by atoms with Crippen molar-refractivity contribution in [3.8, 4) is 5.88 Å². The zero-order valence-corrected chi connectivity index (χ0v) is 7.87. The minimum Gasteiger partial charge on any atom is -0.481 e. The fourth-order valence-corrected chi connectivity index (χ4v) is 1.03. The topological polar surface area (TPSA) is 22.1 Å². The molecule has 0 radical (unpaired) electrons. The van der Waals surface area contributed by atoms with Crippen LogP contribution in [0.25, 0.3) is 0 Å². The maximum absolute atomic E-state index is 5.04. The predicted octanol–water partition coefficient (Wildman–Crippen LogP) is 2.60. The third kappa shape index (κ3) is 1.97. The van der Waals surface area contributed by atoms with Gasteiger partial charge in [-0.25, -0.2) is 4.98 Å². The second-order valence-corrected chi connectivity index (χ2v) is 2.91. The molecule has 0 bridgehead atoms. The minimum absolute atomic E-state index is 0.514. The Labute approximate surface area is 73.6 Å². The Kier molecular flexibility index (Phi) is 3.09. The number of aromatic nitrogens is 1. The summed E-state index contributed by atoms with van der Waals surface area (Å²) in [7, 11) is 1.64. The van der Waals surface area contributed by atoms with Crippen molar-refractivity contribution in [1.29, 1.82) is 0 Å². The average Bonchev–Trinajstić information content (AvgIpc) is 2.17. The summed E-state index contributed by atoms with van der Waals surface area (Å²) < 4.78 is 5.04. The Balaban J connectivity index is 2.86. The molecule has 0 aliphatic heterocycles. The van der Waals surface area contributed by atoms with Crippen LogP contribution >= 0.6 is 0 Å². The van der Waals surface area contributed by atoms with E-state index in [-0.39, 0.29) is 0 Å². The molecule has 1 aromatic heterocycles. The van der Waals surface area contributed by atoms with E-state index in [1.807, 2.05) is 18.2 Å². The molecule has 66 valence electrons. The number of hydrogen-bond donors (Lipinski definition) is 0. The van der Waals surface area contributed by atoms with Gasteiger partial charge < -0.3 is 4.74 Å². The third-order valence-corrected chi connectivity index (χ3v) is 2.07. The first-order chi connectivity index (χ1) is 5.77. The van der Waals surface area contributed by atoms with E-state index in [1.54, 1.807) is 7.11 Å². The summed E-state index contributed by atoms with van der Waals surface area (Å²) in [5, 5.41) is 0. The van der Waals surface area contributed by atoms with Gasteiger partial charge in [-0.2, -0.15) is 0 Å². The van der Waals surface area contributed by atoms with Crippen molar-refractivity contribution in [2.24, 2.45) is 0 Å². The molecule has 0 saturated heterocycles. The quantitative estimate of drug-likeness (QED) is 0.686. The van der Waals surface area contributed by atoms with Gasteiger partial charge >= 0.3 is 0 Å². The highest BCUT2D eigenvalue weighted by Gasteiger charge is 2.04. The lowest BCUT2D eigenvalue weighted by atomic mass is 10.0. The second-order valence-electron chi connectivity index (χ2n) is 2.91. The molecule has 0 fully saturated rings. The van der Waals surface area contributed by atoms with Crippen LogP contribution in [-0.4, -0.2) is 12.1 Å². The number of ether oxygens (including phenoxy) is 1. The lowest BCUT2D eigenvalue weighted by Gasteiger charge is -2.08. The summed E-state index contributed by atoms with van der Waals surface area (Å²) >= 11 is 0. The molecule has 0 aliphatic rings. The fourth-order valence-electron chi connectivity index (χ4n) is 1.03. The zero-order valence-electron chi connectivity index (χ0n) is 7.87. The van der Waals surface area contributed by atoms with Gasteiger partial charge in [0.25, 0.3) is 0 Å². The van der Waals surface area contributed by atoms with Gasteiger partial charge in [0.15, 0.2) is 0 Å². The van der Waals surface area contributed by atoms with E-state index in [0.29, 0.717) is 11.8 Å². The molecule has 1 aromatic rings. The van der Waals surface area contributed by atoms with Crippen molar-refractivity contribution in [1.82, 2.24) is 4.98 Å². The third-order valence-electron chi connectivity index (χ3n) is 2.07. The molecule has 2 heteroatoms. The molecule has 1 rings (SSSR count). The van der Waals surface area contributed by atoms with Crippen LogP contribution in [0.3, 0.4) is 0 Å². The zero-order chi connectivity index (χ0) is 8.97. The molecule has 1 atom stereocenters. The molecule has 1 heterocycles. The smallest absolute Gasteiger partial charge is 0.213 e. The van der Waals surface area contributed by atoms with Crippen molar-refractivity contribution in [3.63, 3.8) is 0 Å². The van der Waals surface area contributed by atoms with Crippen LogP contribution in [0.1, 0.15) is 31.9 Å². The number of hydrogen-bond acceptors (Lipinski definition) is 2. The molecule has 0 aliphatic carbocycles. The van der Waals surface area contributed by atoms with E-state index >= 15 is 0 Å². The molecule has 12 heavy (non-hydrogen) atoms. The lowest BCUT2D eigenvalue weighted by molar-refractivity contribution is 0.395. The normalized spacial score (nSPS) is 12.6. The van der Waals surface area contributed by atoms with Gasteiger partial charge in [0.05, 0.1) is 7.11 Å². The van der Waals surface area contributed by atoms with Crippen molar-refractivity contribution >= 4 is 0 Å². The highest BCUT2D eigenvalue weighted by Crippen LogP contribution is 2.18. The highest BCUT2D eigenvalue weighted by atomic mass is 16.5. The summed E-state index contributed by atoms with van der Waals surface area (Å²) in [6.45, 7) is 4.33. The van der Waals surface area contributed by atoms with Crippen molar-refractivity contribution in [2.75, 3.05) is 7.11 Å². The first-order valence-corrected chi connectivity index (χ1v) is 4.28. The van der Waals surface area contributed by atoms with Crippen LogP contribution in [0.2, 0.25) is 0 Å². The van der Waals surface area contributed by atoms with Crippen LogP contribution in [0.4, 0.5) is 0 Å². The summed E-state index contributed by atoms with van der Waals surface area (Å²) in [6, 6.07) is 5.88. The van der Waals surface area contributed by atoms with E-state index in [1.165, 1.54) is 0 Å². The van der Waals surface area contributed by atoms with E-state index in [4.69, 9.17) is 4.74 Å². The lowest BCUT2D eigenvalue weighted by Crippen LogP contribution is -1.96. The minimum atomic E-state index is 0.514. The molecule has 0 spiro atoms. The Bertz CT molecular complexity index is 247. The molecular weight excluding hydrogens is 150 g/mol. The maximum atomic E-state index is 5.04. The summed E-state index contributed by atoms with van der Waals surface area (Å²) in [4.78, 5) is 4.34. The first-order valence-electron chi connectivity index (χ1n) is 4.28. The molecule has 0 saturated carbocycles. The SMILES string of the molecule is CCC(C)c1cccc(OC)n1. The number of nitrogens with zero attached hydrogens (tertiary/aromatic N) is 1. The standard InChI is InChI=1S/C10H15NO/c1-4-8(2)9-6-5-7-10(11-9)12-3/h5-8H,4H2,1-3H3. The largest absolute Gasteiger partial charge is 0.481 e. The van der Waals surface area contributed by atoms with Crippen LogP contribution in [0, 0.1) is 0 Å². The van der Waals surface area contributed by atoms with Crippen molar-refractivity contribution < 1.29 is 4.74 Å². The molecular formula is C10H15NO. The number of rotatable bonds is 3. The Hall–Kier alpha value is -1.05. The maximum Gasteiger partial charge on any atom is 0.213 e. The number of pyridine rings is 1. The molecule has 0 amide bonds. The Morgan fingerprint density at radius 3 is 2.83 bits per heavy atom. The van der Waals surface area contributed by atoms with Crippen LogP contribution in [-0.2, 0) is 0 Å². The molecule has 1 unspecified atom stereocenters. The predicted molar refractivity (Wildman–Crippen MR) is 49.5 cm³/mol. The van der Waals surface area contributed by atoms with Gasteiger partial charge in [0.2, 0.25) is 5.88 Å². The highest BCUT2D eigenvalue weighted by molar-refractivity contribution is 5.17. The Morgan fingerprint density at radius 2 is 2.25 bits per heavy atom. The van der Waals surface area contributed by atoms with E-state index in [2.05, 4.69) is 18.8 Å². The number of methoxy groups -OCH3 is 1. The summed E-state index contributed by atoms with van der Waals surface area (Å²) in [6.07, 6.45) is 1.11. The van der Waals surface area contributed by atoms with E-state index in [9.17, 15) is 0 Å².